The van der Waals surface area contributed by atoms with Gasteiger partial charge in [0.2, 0.25) is 0 Å². The van der Waals surface area contributed by atoms with Gasteiger partial charge in [-0.3, -0.25) is 4.98 Å². The summed E-state index contributed by atoms with van der Waals surface area (Å²) in [5.74, 6) is -0.113. The number of anilines is 4. The SMILES string of the molecule is CN(C)c1cc(Nc2cnc3c(ccc4cn(-c5ncc(F)c(N6CCOCC6)n5)nc43)c2)cc(C(F)(F)F)c1. The molecule has 1 aliphatic heterocycles. The van der Waals surface area contributed by atoms with E-state index in [1.54, 1.807) is 43.5 Å². The summed E-state index contributed by atoms with van der Waals surface area (Å²) < 4.78 is 61.7. The van der Waals surface area contributed by atoms with Crippen molar-refractivity contribution in [3.05, 3.63) is 66.4 Å². The van der Waals surface area contributed by atoms with Crippen LogP contribution in [0, 0.1) is 5.82 Å². The van der Waals surface area contributed by atoms with Crippen LogP contribution in [0.1, 0.15) is 5.56 Å². The highest BCUT2D eigenvalue weighted by Gasteiger charge is 2.31. The van der Waals surface area contributed by atoms with Gasteiger partial charge in [0.25, 0.3) is 5.95 Å². The second kappa shape index (κ2) is 9.90. The molecule has 0 saturated carbocycles. The Morgan fingerprint density at radius 2 is 1.70 bits per heavy atom. The molecule has 2 aromatic carbocycles. The lowest BCUT2D eigenvalue weighted by molar-refractivity contribution is -0.137. The third kappa shape index (κ3) is 4.95. The molecule has 40 heavy (non-hydrogen) atoms. The summed E-state index contributed by atoms with van der Waals surface area (Å²) in [4.78, 5) is 16.5. The highest BCUT2D eigenvalue weighted by atomic mass is 19.4. The smallest absolute Gasteiger partial charge is 0.378 e. The lowest BCUT2D eigenvalue weighted by Crippen LogP contribution is -2.37. The van der Waals surface area contributed by atoms with Gasteiger partial charge in [0.1, 0.15) is 5.52 Å². The Hall–Kier alpha value is -4.52. The monoisotopic (exact) mass is 552 g/mol. The van der Waals surface area contributed by atoms with Crippen LogP contribution in [-0.4, -0.2) is 65.1 Å². The predicted octanol–water partition coefficient (Wildman–Crippen LogP) is 5.17. The van der Waals surface area contributed by atoms with Gasteiger partial charge >= 0.3 is 6.18 Å². The third-order valence-electron chi connectivity index (χ3n) is 6.61. The minimum absolute atomic E-state index is 0.193. The molecule has 206 valence electrons. The van der Waals surface area contributed by atoms with Gasteiger partial charge in [0.15, 0.2) is 11.6 Å². The lowest BCUT2D eigenvalue weighted by Gasteiger charge is -2.27. The molecular weight excluding hydrogens is 528 g/mol. The largest absolute Gasteiger partial charge is 0.416 e. The van der Waals surface area contributed by atoms with E-state index in [2.05, 4.69) is 25.4 Å². The number of hydrogen-bond donors (Lipinski definition) is 1. The highest BCUT2D eigenvalue weighted by Crippen LogP contribution is 2.35. The molecule has 0 amide bonds. The summed E-state index contributed by atoms with van der Waals surface area (Å²) in [6, 6.07) is 9.30. The van der Waals surface area contributed by atoms with Crippen LogP contribution in [0.25, 0.3) is 27.8 Å². The molecule has 0 spiro atoms. The molecule has 1 aliphatic rings. The number of pyridine rings is 1. The third-order valence-corrected chi connectivity index (χ3v) is 6.61. The number of aromatic nitrogens is 5. The zero-order valence-corrected chi connectivity index (χ0v) is 21.6. The van der Waals surface area contributed by atoms with Crippen molar-refractivity contribution in [2.75, 3.05) is 55.5 Å². The second-order valence-electron chi connectivity index (χ2n) is 9.60. The molecular formula is C27H24F4N8O. The molecule has 1 N–H and O–H groups in total. The Balaban J connectivity index is 1.33. The Labute approximate surface area is 226 Å². The number of halogens is 4. The van der Waals surface area contributed by atoms with E-state index in [0.29, 0.717) is 48.7 Å². The minimum atomic E-state index is -4.48. The van der Waals surface area contributed by atoms with Gasteiger partial charge < -0.3 is 19.9 Å². The standard InChI is InChI=1S/C27H24F4N8O/c1-37(2)21-11-18(27(29,30)31)10-19(12-21)34-20-9-16-3-4-17-15-39(36-24(17)23(16)32-13-20)26-33-14-22(28)25(35-26)38-5-7-40-8-6-38/h3-4,9-15,34H,5-8H2,1-2H3. The molecule has 0 bridgehead atoms. The molecule has 0 aliphatic carbocycles. The average molecular weight is 553 g/mol. The normalized spacial score (nSPS) is 14.2. The summed E-state index contributed by atoms with van der Waals surface area (Å²) in [6.45, 7) is 2.03. The van der Waals surface area contributed by atoms with Crippen LogP contribution in [0.5, 0.6) is 0 Å². The zero-order valence-electron chi connectivity index (χ0n) is 21.6. The summed E-state index contributed by atoms with van der Waals surface area (Å²) in [5.41, 5.74) is 1.65. The van der Waals surface area contributed by atoms with E-state index in [1.807, 2.05) is 17.0 Å². The number of hydrogen-bond acceptors (Lipinski definition) is 8. The maximum absolute atomic E-state index is 14.5. The van der Waals surface area contributed by atoms with Crippen molar-refractivity contribution in [3.8, 4) is 5.95 Å². The molecule has 5 aromatic rings. The van der Waals surface area contributed by atoms with E-state index >= 15 is 0 Å². The van der Waals surface area contributed by atoms with Crippen molar-refractivity contribution in [3.63, 3.8) is 0 Å². The van der Waals surface area contributed by atoms with Crippen molar-refractivity contribution >= 4 is 44.7 Å². The fourth-order valence-corrected chi connectivity index (χ4v) is 4.58. The van der Waals surface area contributed by atoms with Crippen LogP contribution in [0.15, 0.2) is 55.0 Å². The van der Waals surface area contributed by atoms with Gasteiger partial charge in [-0.15, -0.1) is 0 Å². The first-order valence-corrected chi connectivity index (χ1v) is 12.5. The number of nitrogens with zero attached hydrogens (tertiary/aromatic N) is 7. The average Bonchev–Trinajstić information content (AvgIpc) is 3.38. The van der Waals surface area contributed by atoms with Crippen LogP contribution >= 0.6 is 0 Å². The maximum atomic E-state index is 14.5. The Bertz CT molecular complexity index is 1710. The molecule has 3 aromatic heterocycles. The summed E-state index contributed by atoms with van der Waals surface area (Å²) in [7, 11) is 3.36. The van der Waals surface area contributed by atoms with Crippen LogP contribution in [0.4, 0.5) is 40.4 Å². The van der Waals surface area contributed by atoms with Crippen molar-refractivity contribution in [1.82, 2.24) is 24.7 Å². The number of fused-ring (bicyclic) bond motifs is 3. The first-order valence-electron chi connectivity index (χ1n) is 12.5. The molecule has 0 radical (unpaired) electrons. The lowest BCUT2D eigenvalue weighted by atomic mass is 10.1. The number of ether oxygens (including phenoxy) is 1. The van der Waals surface area contributed by atoms with Crippen molar-refractivity contribution in [2.24, 2.45) is 0 Å². The zero-order chi connectivity index (χ0) is 28.0. The number of rotatable bonds is 5. The number of nitrogens with one attached hydrogen (secondary N) is 1. The van der Waals surface area contributed by atoms with E-state index < -0.39 is 17.6 Å². The van der Waals surface area contributed by atoms with Crippen molar-refractivity contribution < 1.29 is 22.3 Å². The van der Waals surface area contributed by atoms with E-state index in [9.17, 15) is 17.6 Å². The summed E-state index contributed by atoms with van der Waals surface area (Å²) in [6.07, 6.45) is -0.0688. The molecule has 0 atom stereocenters. The van der Waals surface area contributed by atoms with Gasteiger partial charge in [-0.1, -0.05) is 12.1 Å². The summed E-state index contributed by atoms with van der Waals surface area (Å²) >= 11 is 0. The van der Waals surface area contributed by atoms with Gasteiger partial charge in [0.05, 0.1) is 42.4 Å². The summed E-state index contributed by atoms with van der Waals surface area (Å²) in [5, 5.41) is 9.17. The first kappa shape index (κ1) is 25.7. The fourth-order valence-electron chi connectivity index (χ4n) is 4.58. The highest BCUT2D eigenvalue weighted by molar-refractivity contribution is 6.03. The van der Waals surface area contributed by atoms with Crippen molar-refractivity contribution in [1.29, 1.82) is 0 Å². The first-order chi connectivity index (χ1) is 19.2. The van der Waals surface area contributed by atoms with Crippen LogP contribution < -0.4 is 15.1 Å². The Kier molecular flexibility index (Phi) is 6.37. The predicted molar refractivity (Wildman–Crippen MR) is 144 cm³/mol. The number of benzene rings is 2. The molecule has 13 heteroatoms. The van der Waals surface area contributed by atoms with E-state index in [0.717, 1.165) is 29.1 Å². The van der Waals surface area contributed by atoms with Gasteiger partial charge in [-0.25, -0.2) is 14.1 Å². The Morgan fingerprint density at radius 3 is 2.45 bits per heavy atom. The fraction of sp³-hybridized carbons (Fsp3) is 0.259. The van der Waals surface area contributed by atoms with Crippen LogP contribution in [-0.2, 0) is 10.9 Å². The van der Waals surface area contributed by atoms with Gasteiger partial charge in [0, 0.05) is 55.5 Å². The molecule has 6 rings (SSSR count). The van der Waals surface area contributed by atoms with Crippen LogP contribution in [0.2, 0.25) is 0 Å². The quantitative estimate of drug-likeness (QED) is 0.299. The molecule has 1 fully saturated rings. The molecule has 0 unspecified atom stereocenters. The van der Waals surface area contributed by atoms with Gasteiger partial charge in [-0.05, 0) is 24.3 Å². The molecule has 1 saturated heterocycles. The maximum Gasteiger partial charge on any atom is 0.416 e. The second-order valence-corrected chi connectivity index (χ2v) is 9.60. The van der Waals surface area contributed by atoms with E-state index in [1.165, 1.54) is 4.68 Å². The van der Waals surface area contributed by atoms with Gasteiger partial charge in [-0.2, -0.15) is 23.3 Å². The molecule has 9 nitrogen and oxygen atoms in total. The number of morpholine rings is 1. The van der Waals surface area contributed by atoms with E-state index in [4.69, 9.17) is 4.74 Å². The molecule has 4 heterocycles. The van der Waals surface area contributed by atoms with Crippen molar-refractivity contribution in [2.45, 2.75) is 6.18 Å². The Morgan fingerprint density at radius 1 is 0.925 bits per heavy atom. The topological polar surface area (TPSA) is 84.2 Å². The van der Waals surface area contributed by atoms with E-state index in [-0.39, 0.29) is 17.5 Å². The van der Waals surface area contributed by atoms with Crippen LogP contribution in [0.3, 0.4) is 0 Å². The number of alkyl halides is 3. The minimum Gasteiger partial charge on any atom is -0.378 e.